The lowest BCUT2D eigenvalue weighted by Gasteiger charge is -2.20. The topological polar surface area (TPSA) is 99.1 Å². The summed E-state index contributed by atoms with van der Waals surface area (Å²) in [6.07, 6.45) is 0. The van der Waals surface area contributed by atoms with Crippen LogP contribution in [0.3, 0.4) is 0 Å². The molecule has 1 aliphatic rings. The molecule has 0 spiro atoms. The van der Waals surface area contributed by atoms with E-state index in [1.54, 1.807) is 11.8 Å². The first kappa shape index (κ1) is 23.3. The first-order valence-corrected chi connectivity index (χ1v) is 9.45. The average molecular weight is 363 g/mol. The van der Waals surface area contributed by atoms with Gasteiger partial charge in [0.05, 0.1) is 13.2 Å². The zero-order valence-electron chi connectivity index (χ0n) is 12.7. The fourth-order valence-electron chi connectivity index (χ4n) is 1.21. The number of hydrogen-bond donors (Lipinski definition) is 3. The lowest BCUT2D eigenvalue weighted by molar-refractivity contribution is 0.109. The Balaban J connectivity index is 0. The second kappa shape index (κ2) is 14.9. The van der Waals surface area contributed by atoms with Gasteiger partial charge in [-0.3, -0.25) is 9.11 Å². The Morgan fingerprint density at radius 3 is 1.86 bits per heavy atom. The highest BCUT2D eigenvalue weighted by atomic mass is 32.3. The Hall–Kier alpha value is 0.0300. The lowest BCUT2D eigenvalue weighted by Crippen LogP contribution is -2.30. The molecule has 1 saturated heterocycles. The van der Waals surface area contributed by atoms with Crippen LogP contribution < -0.4 is 5.32 Å². The van der Waals surface area contributed by atoms with Crippen molar-refractivity contribution in [2.24, 2.45) is 0 Å². The van der Waals surface area contributed by atoms with Gasteiger partial charge in [-0.15, -0.1) is 0 Å². The van der Waals surface area contributed by atoms with Gasteiger partial charge >= 0.3 is 10.4 Å². The van der Waals surface area contributed by atoms with Gasteiger partial charge in [-0.05, 0) is 19.6 Å². The van der Waals surface area contributed by atoms with E-state index in [0.717, 1.165) is 49.5 Å². The van der Waals surface area contributed by atoms with E-state index >= 15 is 0 Å². The molecule has 7 nitrogen and oxygen atoms in total. The van der Waals surface area contributed by atoms with Gasteiger partial charge in [0, 0.05) is 26.2 Å². The summed E-state index contributed by atoms with van der Waals surface area (Å²) in [5, 5.41) is 3.16. The Morgan fingerprint density at radius 2 is 1.67 bits per heavy atom. The summed E-state index contributed by atoms with van der Waals surface area (Å²) >= 11 is 6.91. The number of nitrogens with one attached hydrogen (secondary N) is 1. The zero-order chi connectivity index (χ0) is 16.7. The normalized spacial score (nSPS) is 14.1. The predicted octanol–water partition coefficient (Wildman–Crippen LogP) is 1.32. The maximum Gasteiger partial charge on any atom is 0.394 e. The Labute approximate surface area is 137 Å². The van der Waals surface area contributed by atoms with Gasteiger partial charge < -0.3 is 15.0 Å². The van der Waals surface area contributed by atoms with Crippen molar-refractivity contribution in [3.63, 3.8) is 0 Å². The van der Waals surface area contributed by atoms with Crippen molar-refractivity contribution in [3.8, 4) is 0 Å². The van der Waals surface area contributed by atoms with Crippen LogP contribution in [0.5, 0.6) is 0 Å². The zero-order valence-corrected chi connectivity index (χ0v) is 15.2. The first-order chi connectivity index (χ1) is 9.76. The first-order valence-electron chi connectivity index (χ1n) is 6.66. The van der Waals surface area contributed by atoms with Crippen molar-refractivity contribution < 1.29 is 22.3 Å². The van der Waals surface area contributed by atoms with E-state index in [1.807, 2.05) is 0 Å². The fraction of sp³-hybridized carbons (Fsp3) is 0.909. The van der Waals surface area contributed by atoms with E-state index in [2.05, 4.69) is 31.0 Å². The Kier molecular flexibility index (Phi) is 16.6. The van der Waals surface area contributed by atoms with Crippen LogP contribution in [0.4, 0.5) is 0 Å². The molecule has 0 radical (unpaired) electrons. The number of morpholine rings is 1. The maximum absolute atomic E-state index is 8.74. The molecule has 0 aromatic heterocycles. The van der Waals surface area contributed by atoms with Crippen LogP contribution in [0.1, 0.15) is 20.8 Å². The van der Waals surface area contributed by atoms with E-state index in [4.69, 9.17) is 34.5 Å². The van der Waals surface area contributed by atoms with Crippen molar-refractivity contribution >= 4 is 38.7 Å². The second-order valence-electron chi connectivity index (χ2n) is 3.68. The van der Waals surface area contributed by atoms with Crippen LogP contribution in [0.25, 0.3) is 0 Å². The number of nitrogens with zero attached hydrogens (tertiary/aromatic N) is 1. The quantitative estimate of drug-likeness (QED) is 0.507. The summed E-state index contributed by atoms with van der Waals surface area (Å²) < 4.78 is 37.6. The maximum atomic E-state index is 8.74. The molecule has 0 saturated carbocycles. The van der Waals surface area contributed by atoms with Gasteiger partial charge in [0.2, 0.25) is 0 Å². The van der Waals surface area contributed by atoms with Gasteiger partial charge in [0.25, 0.3) is 0 Å². The average Bonchev–Trinajstić information content (AvgIpc) is 2.41. The molecule has 0 amide bonds. The molecule has 128 valence electrons. The minimum atomic E-state index is -4.67. The smallest absolute Gasteiger partial charge is 0.379 e. The molecule has 1 heterocycles. The van der Waals surface area contributed by atoms with Crippen molar-refractivity contribution in [3.05, 3.63) is 0 Å². The summed E-state index contributed by atoms with van der Waals surface area (Å²) in [5.74, 6) is 1.08. The summed E-state index contributed by atoms with van der Waals surface area (Å²) in [6, 6.07) is 0. The highest BCUT2D eigenvalue weighted by molar-refractivity contribution is 8.22. The summed E-state index contributed by atoms with van der Waals surface area (Å²) in [4.78, 5) is 2.20. The summed E-state index contributed by atoms with van der Waals surface area (Å²) in [6.45, 7) is 12.3. The molecule has 0 atom stereocenters. The van der Waals surface area contributed by atoms with E-state index in [0.29, 0.717) is 0 Å². The van der Waals surface area contributed by atoms with Gasteiger partial charge in [0.15, 0.2) is 0 Å². The standard InChI is InChI=1S/C7H15NS2.C4H9NO.H2O4S/c1-4-8(5-2)7(9)10-6-3;1-3-6-4-2-5-1;1-5(2,3)4/h4-6H2,1-3H3;5H,1-4H2;(H2,1,2,3,4). The molecule has 0 bridgehead atoms. The highest BCUT2D eigenvalue weighted by Crippen LogP contribution is 2.07. The van der Waals surface area contributed by atoms with Crippen LogP contribution in [0, 0.1) is 0 Å². The van der Waals surface area contributed by atoms with Crippen LogP contribution in [-0.2, 0) is 15.1 Å². The molecule has 0 aliphatic carbocycles. The van der Waals surface area contributed by atoms with Gasteiger partial charge in [-0.2, -0.15) is 8.42 Å². The lowest BCUT2D eigenvalue weighted by atomic mass is 10.5. The van der Waals surface area contributed by atoms with E-state index in [9.17, 15) is 0 Å². The third-order valence-electron chi connectivity index (χ3n) is 2.14. The molecule has 10 heteroatoms. The number of thiocarbonyl (C=S) groups is 1. The highest BCUT2D eigenvalue weighted by Gasteiger charge is 2.02. The van der Waals surface area contributed by atoms with Crippen molar-refractivity contribution in [1.29, 1.82) is 0 Å². The van der Waals surface area contributed by atoms with Crippen molar-refractivity contribution in [1.82, 2.24) is 10.2 Å². The minimum absolute atomic E-state index is 0.889. The van der Waals surface area contributed by atoms with Gasteiger partial charge in [-0.25, -0.2) is 0 Å². The number of hydrogen-bond acceptors (Lipinski definition) is 6. The molecule has 1 rings (SSSR count). The Morgan fingerprint density at radius 1 is 1.24 bits per heavy atom. The third-order valence-corrected chi connectivity index (χ3v) is 3.54. The number of rotatable bonds is 3. The minimum Gasteiger partial charge on any atom is -0.379 e. The Bertz CT molecular complexity index is 324. The van der Waals surface area contributed by atoms with Gasteiger partial charge in [0.1, 0.15) is 4.32 Å². The van der Waals surface area contributed by atoms with E-state index < -0.39 is 10.4 Å². The molecule has 1 aliphatic heterocycles. The van der Waals surface area contributed by atoms with Gasteiger partial charge in [-0.1, -0.05) is 30.9 Å². The summed E-state index contributed by atoms with van der Waals surface area (Å²) in [7, 11) is -4.67. The fourth-order valence-corrected chi connectivity index (χ4v) is 2.51. The largest absolute Gasteiger partial charge is 0.394 e. The van der Waals surface area contributed by atoms with Crippen molar-refractivity contribution in [2.75, 3.05) is 45.1 Å². The molecular formula is C11H26N2O5S3. The molecule has 1 fully saturated rings. The van der Waals surface area contributed by atoms with Crippen molar-refractivity contribution in [2.45, 2.75) is 20.8 Å². The van der Waals surface area contributed by atoms with E-state index in [-0.39, 0.29) is 0 Å². The molecule has 0 unspecified atom stereocenters. The van der Waals surface area contributed by atoms with Crippen LogP contribution >= 0.6 is 24.0 Å². The van der Waals surface area contributed by atoms with Crippen LogP contribution in [0.2, 0.25) is 0 Å². The van der Waals surface area contributed by atoms with E-state index in [1.165, 1.54) is 0 Å². The molecule has 21 heavy (non-hydrogen) atoms. The van der Waals surface area contributed by atoms with Crippen LogP contribution in [0.15, 0.2) is 0 Å². The molecule has 0 aromatic rings. The number of thioether (sulfide) groups is 1. The summed E-state index contributed by atoms with van der Waals surface area (Å²) in [5.41, 5.74) is 0. The van der Waals surface area contributed by atoms with Crippen LogP contribution in [-0.4, -0.2) is 71.9 Å². The SMILES string of the molecule is C1COCCN1.CCSC(=S)N(CC)CC.O=S(=O)(O)O. The predicted molar refractivity (Wildman–Crippen MR) is 91.5 cm³/mol. The molecular weight excluding hydrogens is 336 g/mol. The molecule has 3 N–H and O–H groups in total. The molecule has 0 aromatic carbocycles. The number of ether oxygens (including phenoxy) is 1. The monoisotopic (exact) mass is 362 g/mol. The third kappa shape index (κ3) is 22.5. The second-order valence-corrected chi connectivity index (χ2v) is 6.47.